The Labute approximate surface area is 162 Å². The zero-order chi connectivity index (χ0) is 19.9. The minimum Gasteiger partial charge on any atom is -0.443 e. The highest BCUT2D eigenvalue weighted by Gasteiger charge is 2.30. The fourth-order valence-electron chi connectivity index (χ4n) is 2.87. The number of rotatable bonds is 3. The molecule has 2 amide bonds. The molecule has 9 heteroatoms. The molecule has 0 aliphatic heterocycles. The molecule has 2 aromatic heterocycles. The Hall–Kier alpha value is -2.35. The zero-order valence-corrected chi connectivity index (χ0v) is 16.9. The van der Waals surface area contributed by atoms with Gasteiger partial charge in [0.15, 0.2) is 5.65 Å². The van der Waals surface area contributed by atoms with Gasteiger partial charge in [-0.3, -0.25) is 9.69 Å². The predicted molar refractivity (Wildman–Crippen MR) is 102 cm³/mol. The molecular weight excluding hydrogens is 370 g/mol. The Bertz CT molecular complexity index is 889. The maximum atomic E-state index is 12.6. The van der Waals surface area contributed by atoms with E-state index >= 15 is 0 Å². The molecule has 1 N–H and O–H groups in total. The number of nitrogens with zero attached hydrogens (tertiary/aromatic N) is 4. The first-order valence-corrected chi connectivity index (χ1v) is 9.26. The van der Waals surface area contributed by atoms with Gasteiger partial charge in [-0.15, -0.1) is 0 Å². The van der Waals surface area contributed by atoms with Crippen molar-refractivity contribution in [1.82, 2.24) is 19.9 Å². The lowest BCUT2D eigenvalue weighted by atomic mass is 9.81. The molecule has 0 spiro atoms. The standard InChI is InChI=1S/C18H24ClN5O3/c1-10-6-7-12(10)21-16(25)11-9-20-24-14(8-13(19)22-15(11)24)23(5)17(26)27-18(2,3)4/h8-10,12H,6-7H2,1-5H3,(H,21,25)/t10?,12-/m1/s1. The van der Waals surface area contributed by atoms with Crippen LogP contribution < -0.4 is 10.2 Å². The molecule has 2 atom stereocenters. The van der Waals surface area contributed by atoms with Crippen LogP contribution in [0.3, 0.4) is 0 Å². The maximum absolute atomic E-state index is 12.6. The summed E-state index contributed by atoms with van der Waals surface area (Å²) in [5.74, 6) is 0.568. The molecule has 1 saturated carbocycles. The summed E-state index contributed by atoms with van der Waals surface area (Å²) in [5.41, 5.74) is -0.0385. The largest absolute Gasteiger partial charge is 0.443 e. The molecule has 8 nitrogen and oxygen atoms in total. The van der Waals surface area contributed by atoms with E-state index in [-0.39, 0.29) is 22.7 Å². The molecule has 3 rings (SSSR count). The maximum Gasteiger partial charge on any atom is 0.415 e. The molecule has 1 fully saturated rings. The van der Waals surface area contributed by atoms with Crippen molar-refractivity contribution in [1.29, 1.82) is 0 Å². The van der Waals surface area contributed by atoms with Gasteiger partial charge in [0.25, 0.3) is 5.91 Å². The summed E-state index contributed by atoms with van der Waals surface area (Å²) in [6.07, 6.45) is 2.95. The molecule has 2 aromatic rings. The third-order valence-electron chi connectivity index (χ3n) is 4.61. The van der Waals surface area contributed by atoms with Crippen LogP contribution in [0.2, 0.25) is 5.15 Å². The van der Waals surface area contributed by atoms with Crippen LogP contribution in [0.25, 0.3) is 5.65 Å². The third kappa shape index (κ3) is 4.00. The number of carbonyl (C=O) groups is 2. The second-order valence-corrected chi connectivity index (χ2v) is 8.29. The number of anilines is 1. The van der Waals surface area contributed by atoms with Crippen LogP contribution >= 0.6 is 11.6 Å². The normalized spacial score (nSPS) is 19.5. The van der Waals surface area contributed by atoms with Crippen LogP contribution in [0, 0.1) is 5.92 Å². The summed E-state index contributed by atoms with van der Waals surface area (Å²) >= 11 is 6.14. The number of halogens is 1. The number of hydrogen-bond acceptors (Lipinski definition) is 5. The van der Waals surface area contributed by atoms with Crippen molar-refractivity contribution in [2.24, 2.45) is 5.92 Å². The van der Waals surface area contributed by atoms with E-state index < -0.39 is 11.7 Å². The highest BCUT2D eigenvalue weighted by molar-refractivity contribution is 6.30. The van der Waals surface area contributed by atoms with Gasteiger partial charge in [0.05, 0.1) is 6.20 Å². The summed E-state index contributed by atoms with van der Waals surface area (Å²) in [4.78, 5) is 30.5. The van der Waals surface area contributed by atoms with Crippen LogP contribution in [0.4, 0.5) is 10.6 Å². The number of hydrogen-bond donors (Lipinski definition) is 1. The second kappa shape index (κ2) is 6.99. The van der Waals surface area contributed by atoms with Crippen molar-refractivity contribution in [3.63, 3.8) is 0 Å². The Morgan fingerprint density at radius 2 is 2.07 bits per heavy atom. The SMILES string of the molecule is CC1CC[C@H]1NC(=O)c1cnn2c(N(C)C(=O)OC(C)(C)C)cc(Cl)nc12. The monoisotopic (exact) mass is 393 g/mol. The summed E-state index contributed by atoms with van der Waals surface area (Å²) in [6, 6.07) is 1.66. The van der Waals surface area contributed by atoms with Gasteiger partial charge in [0, 0.05) is 19.2 Å². The number of ether oxygens (including phenoxy) is 1. The fraction of sp³-hybridized carbons (Fsp3) is 0.556. The molecular formula is C18H24ClN5O3. The smallest absolute Gasteiger partial charge is 0.415 e. The van der Waals surface area contributed by atoms with Crippen molar-refractivity contribution in [2.75, 3.05) is 11.9 Å². The van der Waals surface area contributed by atoms with Crippen LogP contribution in [0.5, 0.6) is 0 Å². The van der Waals surface area contributed by atoms with E-state index in [1.54, 1.807) is 27.8 Å². The molecule has 1 aliphatic carbocycles. The number of nitrogens with one attached hydrogen (secondary N) is 1. The fourth-order valence-corrected chi connectivity index (χ4v) is 3.05. The van der Waals surface area contributed by atoms with E-state index in [4.69, 9.17) is 16.3 Å². The van der Waals surface area contributed by atoms with Crippen LogP contribution in [-0.4, -0.2) is 45.3 Å². The number of fused-ring (bicyclic) bond motifs is 1. The van der Waals surface area contributed by atoms with E-state index in [1.165, 1.54) is 21.7 Å². The lowest BCUT2D eigenvalue weighted by Crippen LogP contribution is -2.45. The number of carbonyl (C=O) groups excluding carboxylic acids is 2. The van der Waals surface area contributed by atoms with E-state index in [0.29, 0.717) is 17.3 Å². The Morgan fingerprint density at radius 3 is 2.63 bits per heavy atom. The van der Waals surface area contributed by atoms with Crippen molar-refractivity contribution in [3.8, 4) is 0 Å². The lowest BCUT2D eigenvalue weighted by molar-refractivity contribution is 0.0587. The average molecular weight is 394 g/mol. The molecule has 27 heavy (non-hydrogen) atoms. The molecule has 0 radical (unpaired) electrons. The van der Waals surface area contributed by atoms with Gasteiger partial charge >= 0.3 is 6.09 Å². The molecule has 146 valence electrons. The molecule has 0 aromatic carbocycles. The van der Waals surface area contributed by atoms with Gasteiger partial charge in [-0.05, 0) is 39.5 Å². The molecule has 0 bridgehead atoms. The van der Waals surface area contributed by atoms with E-state index in [2.05, 4.69) is 22.3 Å². The van der Waals surface area contributed by atoms with Gasteiger partial charge in [-0.2, -0.15) is 9.61 Å². The lowest BCUT2D eigenvalue weighted by Gasteiger charge is -2.34. The number of aromatic nitrogens is 3. The second-order valence-electron chi connectivity index (χ2n) is 7.90. The minimum absolute atomic E-state index is 0.152. The Morgan fingerprint density at radius 1 is 1.37 bits per heavy atom. The molecule has 1 aliphatic rings. The summed E-state index contributed by atoms with van der Waals surface area (Å²) in [5, 5.41) is 7.39. The predicted octanol–water partition coefficient (Wildman–Crippen LogP) is 3.28. The molecule has 0 saturated heterocycles. The quantitative estimate of drug-likeness (QED) is 0.808. The summed E-state index contributed by atoms with van der Waals surface area (Å²) in [7, 11) is 1.55. The van der Waals surface area contributed by atoms with Gasteiger partial charge in [0.1, 0.15) is 22.1 Å². The van der Waals surface area contributed by atoms with Crippen LogP contribution in [-0.2, 0) is 4.74 Å². The molecule has 2 heterocycles. The molecule has 1 unspecified atom stereocenters. The Balaban J connectivity index is 1.93. The Kier molecular flexibility index (Phi) is 5.03. The van der Waals surface area contributed by atoms with Gasteiger partial charge in [0.2, 0.25) is 0 Å². The minimum atomic E-state index is -0.643. The van der Waals surface area contributed by atoms with Crippen molar-refractivity contribution < 1.29 is 14.3 Å². The summed E-state index contributed by atoms with van der Waals surface area (Å²) < 4.78 is 6.80. The summed E-state index contributed by atoms with van der Waals surface area (Å²) in [6.45, 7) is 7.45. The van der Waals surface area contributed by atoms with Crippen molar-refractivity contribution in [3.05, 3.63) is 23.0 Å². The van der Waals surface area contributed by atoms with Crippen molar-refractivity contribution >= 4 is 35.1 Å². The van der Waals surface area contributed by atoms with Crippen LogP contribution in [0.1, 0.15) is 50.9 Å². The van der Waals surface area contributed by atoms with Gasteiger partial charge < -0.3 is 10.1 Å². The highest BCUT2D eigenvalue weighted by atomic mass is 35.5. The van der Waals surface area contributed by atoms with E-state index in [1.807, 2.05) is 0 Å². The first-order valence-electron chi connectivity index (χ1n) is 8.88. The van der Waals surface area contributed by atoms with E-state index in [9.17, 15) is 9.59 Å². The highest BCUT2D eigenvalue weighted by Crippen LogP contribution is 2.27. The first kappa shape index (κ1) is 19.4. The van der Waals surface area contributed by atoms with Gasteiger partial charge in [-0.25, -0.2) is 9.78 Å². The third-order valence-corrected chi connectivity index (χ3v) is 4.81. The van der Waals surface area contributed by atoms with E-state index in [0.717, 1.165) is 12.8 Å². The first-order chi connectivity index (χ1) is 12.6. The number of amides is 2. The zero-order valence-electron chi connectivity index (χ0n) is 16.1. The van der Waals surface area contributed by atoms with Crippen molar-refractivity contribution in [2.45, 2.75) is 52.2 Å². The average Bonchev–Trinajstić information content (AvgIpc) is 2.98. The topological polar surface area (TPSA) is 88.8 Å². The van der Waals surface area contributed by atoms with Gasteiger partial charge in [-0.1, -0.05) is 18.5 Å². The van der Waals surface area contributed by atoms with Crippen LogP contribution in [0.15, 0.2) is 12.3 Å².